The van der Waals surface area contributed by atoms with Gasteiger partial charge in [-0.25, -0.2) is 4.98 Å². The molecule has 0 aliphatic rings. The number of pyridine rings is 1. The van der Waals surface area contributed by atoms with Crippen LogP contribution in [0.4, 0.5) is 0 Å². The summed E-state index contributed by atoms with van der Waals surface area (Å²) in [6.07, 6.45) is 2.85. The van der Waals surface area contributed by atoms with Gasteiger partial charge in [-0.05, 0) is 42.3 Å². The number of amides is 1. The molecule has 2 heterocycles. The van der Waals surface area contributed by atoms with Gasteiger partial charge in [0.25, 0.3) is 0 Å². The number of nitrogens with two attached hydrogens (primary N) is 1. The number of nitriles is 1. The highest BCUT2D eigenvalue weighted by Crippen LogP contribution is 2.32. The minimum absolute atomic E-state index is 0.0814. The lowest BCUT2D eigenvalue weighted by molar-refractivity contribution is 0.1000. The number of aromatic hydroxyl groups is 1. The van der Waals surface area contributed by atoms with Crippen LogP contribution in [-0.4, -0.2) is 25.8 Å². The maximum Gasteiger partial charge on any atom is 0.250 e. The third-order valence-corrected chi connectivity index (χ3v) is 3.64. The molecule has 0 unspecified atom stereocenters. The fraction of sp³-hybridized carbons (Fsp3) is 0.0588. The van der Waals surface area contributed by atoms with Crippen molar-refractivity contribution < 1.29 is 9.90 Å². The number of aromatic nitrogens is 3. The van der Waals surface area contributed by atoms with Crippen molar-refractivity contribution >= 4 is 5.91 Å². The molecule has 0 spiro atoms. The highest BCUT2D eigenvalue weighted by atomic mass is 16.3. The summed E-state index contributed by atoms with van der Waals surface area (Å²) in [7, 11) is 0. The highest BCUT2D eigenvalue weighted by molar-refractivity contribution is 5.92. The summed E-state index contributed by atoms with van der Waals surface area (Å²) in [5.74, 6) is -0.301. The molecule has 0 aliphatic carbocycles. The molecular weight excluding hydrogens is 306 g/mol. The van der Waals surface area contributed by atoms with Gasteiger partial charge in [0.1, 0.15) is 0 Å². The van der Waals surface area contributed by atoms with E-state index >= 15 is 0 Å². The zero-order valence-corrected chi connectivity index (χ0v) is 12.8. The number of carbonyl (C=O) groups is 1. The average molecular weight is 319 g/mol. The molecule has 0 atom stereocenters. The fourth-order valence-corrected chi connectivity index (χ4v) is 2.39. The van der Waals surface area contributed by atoms with E-state index in [0.29, 0.717) is 16.9 Å². The van der Waals surface area contributed by atoms with Gasteiger partial charge >= 0.3 is 0 Å². The van der Waals surface area contributed by atoms with Crippen LogP contribution in [0.5, 0.6) is 5.88 Å². The van der Waals surface area contributed by atoms with E-state index in [-0.39, 0.29) is 11.4 Å². The van der Waals surface area contributed by atoms with Crippen molar-refractivity contribution in [1.82, 2.24) is 14.8 Å². The lowest BCUT2D eigenvalue weighted by atomic mass is 10.0. The van der Waals surface area contributed by atoms with E-state index in [1.54, 1.807) is 24.3 Å². The fourth-order valence-electron chi connectivity index (χ4n) is 2.39. The van der Waals surface area contributed by atoms with Crippen molar-refractivity contribution in [2.75, 3.05) is 0 Å². The topological polar surface area (TPSA) is 118 Å². The Morgan fingerprint density at radius 3 is 2.62 bits per heavy atom. The molecule has 7 nitrogen and oxygen atoms in total. The molecule has 3 N–H and O–H groups in total. The number of nitrogens with zero attached hydrogens (tertiary/aromatic N) is 4. The monoisotopic (exact) mass is 319 g/mol. The maximum atomic E-state index is 11.1. The Morgan fingerprint density at radius 2 is 2.04 bits per heavy atom. The van der Waals surface area contributed by atoms with E-state index in [0.717, 1.165) is 11.1 Å². The van der Waals surface area contributed by atoms with Gasteiger partial charge in [-0.3, -0.25) is 4.79 Å². The van der Waals surface area contributed by atoms with Crippen molar-refractivity contribution in [2.45, 2.75) is 6.92 Å². The van der Waals surface area contributed by atoms with E-state index in [4.69, 9.17) is 11.0 Å². The molecule has 0 saturated heterocycles. The van der Waals surface area contributed by atoms with E-state index in [1.807, 2.05) is 6.92 Å². The molecule has 7 heteroatoms. The number of aryl methyl sites for hydroxylation is 1. The molecule has 0 radical (unpaired) electrons. The van der Waals surface area contributed by atoms with Gasteiger partial charge in [-0.15, -0.1) is 0 Å². The quantitative estimate of drug-likeness (QED) is 0.764. The molecule has 0 saturated carbocycles. The van der Waals surface area contributed by atoms with Crippen molar-refractivity contribution in [3.05, 3.63) is 59.4 Å². The van der Waals surface area contributed by atoms with E-state index in [1.165, 1.54) is 23.1 Å². The number of benzene rings is 1. The van der Waals surface area contributed by atoms with Crippen molar-refractivity contribution in [1.29, 1.82) is 5.26 Å². The third-order valence-electron chi connectivity index (χ3n) is 3.64. The lowest BCUT2D eigenvalue weighted by Gasteiger charge is -2.06. The van der Waals surface area contributed by atoms with Crippen LogP contribution in [-0.2, 0) is 0 Å². The van der Waals surface area contributed by atoms with E-state index < -0.39 is 5.91 Å². The van der Waals surface area contributed by atoms with Gasteiger partial charge in [0.15, 0.2) is 5.82 Å². The van der Waals surface area contributed by atoms with Crippen molar-refractivity contribution in [3.8, 4) is 28.9 Å². The Balaban J connectivity index is 2.03. The largest absolute Gasteiger partial charge is 0.493 e. The Morgan fingerprint density at radius 1 is 1.25 bits per heavy atom. The molecule has 1 amide bonds. The Kier molecular flexibility index (Phi) is 3.72. The number of rotatable bonds is 3. The van der Waals surface area contributed by atoms with Crippen LogP contribution in [0.2, 0.25) is 0 Å². The van der Waals surface area contributed by atoms with Crippen LogP contribution in [0.25, 0.3) is 16.9 Å². The number of primary amides is 1. The molecule has 3 rings (SSSR count). The molecule has 0 aliphatic heterocycles. The first kappa shape index (κ1) is 15.2. The van der Waals surface area contributed by atoms with Gasteiger partial charge in [-0.1, -0.05) is 6.07 Å². The summed E-state index contributed by atoms with van der Waals surface area (Å²) in [6.45, 7) is 1.85. The van der Waals surface area contributed by atoms with Crippen molar-refractivity contribution in [3.63, 3.8) is 0 Å². The summed E-state index contributed by atoms with van der Waals surface area (Å²) in [4.78, 5) is 15.2. The molecule has 3 aromatic rings. The predicted molar refractivity (Wildman–Crippen MR) is 86.4 cm³/mol. The molecular formula is C17H13N5O2. The second-order valence-corrected chi connectivity index (χ2v) is 5.20. The first-order chi connectivity index (χ1) is 11.5. The first-order valence-corrected chi connectivity index (χ1v) is 7.05. The van der Waals surface area contributed by atoms with Gasteiger partial charge in [0.2, 0.25) is 11.8 Å². The van der Waals surface area contributed by atoms with Gasteiger partial charge in [0, 0.05) is 6.20 Å². The second kappa shape index (κ2) is 5.85. The van der Waals surface area contributed by atoms with Crippen LogP contribution in [0.15, 0.2) is 42.7 Å². The van der Waals surface area contributed by atoms with Crippen LogP contribution >= 0.6 is 0 Å². The molecule has 0 fully saturated rings. The van der Waals surface area contributed by atoms with Gasteiger partial charge in [0.05, 0.1) is 29.0 Å². The zero-order valence-electron chi connectivity index (χ0n) is 12.8. The molecule has 1 aromatic carbocycles. The van der Waals surface area contributed by atoms with Crippen LogP contribution in [0, 0.1) is 18.3 Å². The summed E-state index contributed by atoms with van der Waals surface area (Å²) in [5.41, 5.74) is 8.14. The predicted octanol–water partition coefficient (Wildman–Crippen LogP) is 1.92. The number of hydrogen-bond acceptors (Lipinski definition) is 5. The SMILES string of the molecule is Cc1cc(C#N)ccc1-c1cnn(-c2ccc(C(N)=O)cn2)c1O. The van der Waals surface area contributed by atoms with Crippen molar-refractivity contribution in [2.24, 2.45) is 5.73 Å². The third kappa shape index (κ3) is 2.57. The second-order valence-electron chi connectivity index (χ2n) is 5.20. The summed E-state index contributed by atoms with van der Waals surface area (Å²) in [5, 5.41) is 23.5. The molecule has 2 aromatic heterocycles. The first-order valence-electron chi connectivity index (χ1n) is 7.05. The minimum atomic E-state index is -0.576. The smallest absolute Gasteiger partial charge is 0.250 e. The van der Waals surface area contributed by atoms with Crippen LogP contribution in [0.3, 0.4) is 0 Å². The lowest BCUT2D eigenvalue weighted by Crippen LogP contribution is -2.11. The highest BCUT2D eigenvalue weighted by Gasteiger charge is 2.16. The van der Waals surface area contributed by atoms with Crippen LogP contribution in [0.1, 0.15) is 21.5 Å². The normalized spacial score (nSPS) is 10.3. The molecule has 24 heavy (non-hydrogen) atoms. The molecule has 0 bridgehead atoms. The summed E-state index contributed by atoms with van der Waals surface area (Å²) in [6, 6.07) is 10.3. The Hall–Kier alpha value is -3.66. The Bertz CT molecular complexity index is 968. The van der Waals surface area contributed by atoms with E-state index in [9.17, 15) is 9.90 Å². The van der Waals surface area contributed by atoms with Gasteiger partial charge < -0.3 is 10.8 Å². The minimum Gasteiger partial charge on any atom is -0.493 e. The number of hydrogen-bond donors (Lipinski definition) is 2. The maximum absolute atomic E-state index is 11.1. The summed E-state index contributed by atoms with van der Waals surface area (Å²) >= 11 is 0. The standard InChI is InChI=1S/C17H13N5O2/c1-10-6-11(7-18)2-4-13(10)14-9-21-22(17(14)24)15-5-3-12(8-20-15)16(19)23/h2-6,8-9,24H,1H3,(H2,19,23). The number of carbonyl (C=O) groups excluding carboxylic acids is 1. The van der Waals surface area contributed by atoms with Gasteiger partial charge in [-0.2, -0.15) is 15.0 Å². The zero-order chi connectivity index (χ0) is 17.3. The Labute approximate surface area is 137 Å². The average Bonchev–Trinajstić information content (AvgIpc) is 2.96. The summed E-state index contributed by atoms with van der Waals surface area (Å²) < 4.78 is 1.26. The van der Waals surface area contributed by atoms with Crippen LogP contribution < -0.4 is 5.73 Å². The van der Waals surface area contributed by atoms with E-state index in [2.05, 4.69) is 16.2 Å². The molecule has 118 valence electrons.